The van der Waals surface area contributed by atoms with Gasteiger partial charge in [-0.05, 0) is 51.4 Å². The number of aliphatic hydroxyl groups is 3. The molecule has 0 aromatic heterocycles. The van der Waals surface area contributed by atoms with Crippen LogP contribution in [-0.4, -0.2) is 95.0 Å². The molecule has 0 fully saturated rings. The smallest absolute Gasteiger partial charge is 0.463 e. The lowest BCUT2D eigenvalue weighted by atomic mass is 10.0. The summed E-state index contributed by atoms with van der Waals surface area (Å²) < 4.78 is 52.9. The monoisotopic (exact) mass is 977 g/mol. The number of carbonyl (C=O) groups excluding carboxylic acids is 2. The van der Waals surface area contributed by atoms with Gasteiger partial charge in [-0.1, -0.05) is 177 Å². The highest BCUT2D eigenvalue weighted by Gasteiger charge is 2.28. The molecule has 0 bridgehead atoms. The van der Waals surface area contributed by atoms with Gasteiger partial charge in [-0.15, -0.1) is 0 Å². The van der Waals surface area contributed by atoms with Crippen molar-refractivity contribution in [3.8, 4) is 0 Å². The average molecular weight is 977 g/mol. The van der Waals surface area contributed by atoms with Crippen LogP contribution >= 0.6 is 15.6 Å². The quantitative estimate of drug-likeness (QED) is 0.0126. The topological polar surface area (TPSA) is 225 Å². The second-order valence-corrected chi connectivity index (χ2v) is 19.1. The molecule has 0 amide bonds. The van der Waals surface area contributed by atoms with E-state index in [1.807, 2.05) is 54.7 Å². The van der Waals surface area contributed by atoms with Gasteiger partial charge in [-0.25, -0.2) is 9.13 Å². The van der Waals surface area contributed by atoms with E-state index >= 15 is 0 Å². The van der Waals surface area contributed by atoms with Crippen LogP contribution in [0.15, 0.2) is 72.9 Å². The molecule has 0 aliphatic rings. The first kappa shape index (κ1) is 63.5. The number of carbonyl (C=O) groups is 2. The summed E-state index contributed by atoms with van der Waals surface area (Å²) in [5, 5.41) is 30.0. The summed E-state index contributed by atoms with van der Waals surface area (Å²) in [4.78, 5) is 43.7. The van der Waals surface area contributed by atoms with E-state index in [1.54, 1.807) is 0 Å². The Labute approximate surface area is 396 Å². The number of allylic oxidation sites excluding steroid dienone is 12. The third-order valence-corrected chi connectivity index (χ3v) is 11.7. The third kappa shape index (κ3) is 46.6. The zero-order valence-electron chi connectivity index (χ0n) is 40.1. The van der Waals surface area contributed by atoms with E-state index in [0.29, 0.717) is 19.3 Å². The summed E-state index contributed by atoms with van der Waals surface area (Å²) in [7, 11) is -9.60. The zero-order valence-corrected chi connectivity index (χ0v) is 41.9. The molecule has 5 N–H and O–H groups in total. The summed E-state index contributed by atoms with van der Waals surface area (Å²) in [6.45, 7) is 0.173. The standard InChI is InChI=1S/C49H86O15P2/c1-3-5-7-9-11-13-15-17-18-19-20-21-22-23-24-26-28-30-32-34-36-38-49(54)60-40-46(51)42-62-66(57,58)64-44-47(52)43-63-65(55,56)61-41-45(50)39-59-48(53)37-35-33-31-29-27-25-16-14-12-10-8-6-4-2/h6,8,10,12,14,16-18,25,27,29,31,45-47,50-52H,3-5,7,9,11,13,15,19-24,26,28,30,32-44H2,1-2H3,(H,55,56)(H,57,58)/b8-6+,12-10+,16-14-,18-17+,27-25-,31-29+. The summed E-state index contributed by atoms with van der Waals surface area (Å²) in [6, 6.07) is 0. The summed E-state index contributed by atoms with van der Waals surface area (Å²) >= 11 is 0. The second kappa shape index (κ2) is 45.0. The first-order valence-corrected chi connectivity index (χ1v) is 27.3. The maximum absolute atomic E-state index is 12.2. The number of hydrogen-bond donors (Lipinski definition) is 5. The fourth-order valence-electron chi connectivity index (χ4n) is 6.00. The SMILES string of the molecule is CC/C=C/C=C/C=C\C=C/C=C/CCCC(=O)OCC(O)COP(=O)(O)OCC(O)COP(=O)(O)OCC(O)COC(=O)CCCCCCCCCCCCC/C=C/CCCCCCCC. The molecule has 0 spiro atoms. The Balaban J connectivity index is 3.90. The molecule has 17 heteroatoms. The number of rotatable bonds is 46. The van der Waals surface area contributed by atoms with E-state index in [1.165, 1.54) is 96.3 Å². The fraction of sp³-hybridized carbons (Fsp3) is 0.714. The van der Waals surface area contributed by atoms with Crippen molar-refractivity contribution in [1.29, 1.82) is 0 Å². The minimum absolute atomic E-state index is 0.0971. The van der Waals surface area contributed by atoms with Crippen molar-refractivity contribution in [3.63, 3.8) is 0 Å². The first-order chi connectivity index (χ1) is 31.8. The van der Waals surface area contributed by atoms with Crippen LogP contribution in [0.25, 0.3) is 0 Å². The third-order valence-electron chi connectivity index (χ3n) is 9.77. The highest BCUT2D eigenvalue weighted by molar-refractivity contribution is 7.47. The van der Waals surface area contributed by atoms with Gasteiger partial charge in [0, 0.05) is 12.8 Å². The first-order valence-electron chi connectivity index (χ1n) is 24.4. The van der Waals surface area contributed by atoms with Gasteiger partial charge < -0.3 is 34.6 Å². The van der Waals surface area contributed by atoms with Gasteiger partial charge in [0.2, 0.25) is 0 Å². The van der Waals surface area contributed by atoms with Crippen LogP contribution in [0.5, 0.6) is 0 Å². The van der Waals surface area contributed by atoms with Crippen LogP contribution in [0.1, 0.15) is 168 Å². The van der Waals surface area contributed by atoms with Crippen LogP contribution in [0.3, 0.4) is 0 Å². The van der Waals surface area contributed by atoms with Gasteiger partial charge in [0.1, 0.15) is 31.5 Å². The summed E-state index contributed by atoms with van der Waals surface area (Å²) in [5.74, 6) is -1.07. The number of ether oxygens (including phenoxy) is 2. The molecule has 382 valence electrons. The van der Waals surface area contributed by atoms with E-state index in [0.717, 1.165) is 25.7 Å². The van der Waals surface area contributed by atoms with Gasteiger partial charge in [0.15, 0.2) is 0 Å². The molecular formula is C49H86O15P2. The molecule has 15 nitrogen and oxygen atoms in total. The van der Waals surface area contributed by atoms with Crippen molar-refractivity contribution in [2.45, 2.75) is 186 Å². The van der Waals surface area contributed by atoms with E-state index in [4.69, 9.17) is 9.47 Å². The van der Waals surface area contributed by atoms with Crippen molar-refractivity contribution in [1.82, 2.24) is 0 Å². The molecule has 0 saturated heterocycles. The van der Waals surface area contributed by atoms with Gasteiger partial charge in [0.05, 0.1) is 26.4 Å². The lowest BCUT2D eigenvalue weighted by molar-refractivity contribution is -0.148. The largest absolute Gasteiger partial charge is 0.472 e. The Kier molecular flexibility index (Phi) is 43.2. The number of unbranched alkanes of at least 4 members (excludes halogenated alkanes) is 18. The Morgan fingerprint density at radius 3 is 1.14 bits per heavy atom. The van der Waals surface area contributed by atoms with Crippen LogP contribution in [0, 0.1) is 0 Å². The molecule has 0 radical (unpaired) electrons. The molecule has 5 unspecified atom stereocenters. The molecule has 0 rings (SSSR count). The zero-order chi connectivity index (χ0) is 48.8. The highest BCUT2D eigenvalue weighted by Crippen LogP contribution is 2.45. The minimum Gasteiger partial charge on any atom is -0.463 e. The van der Waals surface area contributed by atoms with E-state index in [-0.39, 0.29) is 12.8 Å². The summed E-state index contributed by atoms with van der Waals surface area (Å²) in [5.41, 5.74) is 0. The molecule has 5 atom stereocenters. The molecule has 0 aromatic rings. The van der Waals surface area contributed by atoms with E-state index in [9.17, 15) is 43.8 Å². The summed E-state index contributed by atoms with van der Waals surface area (Å²) in [6.07, 6.45) is 44.8. The molecule has 0 aliphatic carbocycles. The Morgan fingerprint density at radius 1 is 0.409 bits per heavy atom. The van der Waals surface area contributed by atoms with Crippen molar-refractivity contribution in [3.05, 3.63) is 72.9 Å². The van der Waals surface area contributed by atoms with Gasteiger partial charge in [-0.3, -0.25) is 27.7 Å². The number of hydrogen-bond acceptors (Lipinski definition) is 13. The van der Waals surface area contributed by atoms with Gasteiger partial charge in [-0.2, -0.15) is 0 Å². The Morgan fingerprint density at radius 2 is 0.727 bits per heavy atom. The van der Waals surface area contributed by atoms with Gasteiger partial charge >= 0.3 is 27.6 Å². The van der Waals surface area contributed by atoms with E-state index in [2.05, 4.69) is 50.2 Å². The Bertz CT molecular complexity index is 1460. The van der Waals surface area contributed by atoms with Crippen LogP contribution in [0.4, 0.5) is 0 Å². The second-order valence-electron chi connectivity index (χ2n) is 16.2. The van der Waals surface area contributed by atoms with Crippen molar-refractivity contribution < 1.29 is 71.4 Å². The van der Waals surface area contributed by atoms with Crippen LogP contribution < -0.4 is 0 Å². The van der Waals surface area contributed by atoms with Crippen molar-refractivity contribution in [2.75, 3.05) is 39.6 Å². The van der Waals surface area contributed by atoms with Crippen molar-refractivity contribution >= 4 is 27.6 Å². The number of phosphoric ester groups is 2. The Hall–Kier alpha value is -2.52. The van der Waals surface area contributed by atoms with Crippen LogP contribution in [-0.2, 0) is 46.3 Å². The van der Waals surface area contributed by atoms with E-state index < -0.39 is 85.5 Å². The van der Waals surface area contributed by atoms with Crippen LogP contribution in [0.2, 0.25) is 0 Å². The molecule has 0 aliphatic heterocycles. The minimum atomic E-state index is -4.80. The lowest BCUT2D eigenvalue weighted by Crippen LogP contribution is -2.25. The molecular weight excluding hydrogens is 890 g/mol. The molecule has 0 aromatic carbocycles. The van der Waals surface area contributed by atoms with Crippen molar-refractivity contribution in [2.24, 2.45) is 0 Å². The molecule has 66 heavy (non-hydrogen) atoms. The predicted molar refractivity (Wildman–Crippen MR) is 260 cm³/mol. The number of esters is 2. The predicted octanol–water partition coefficient (Wildman–Crippen LogP) is 11.2. The number of phosphoric acid groups is 2. The normalized spacial score (nSPS) is 15.7. The molecule has 0 saturated carbocycles. The number of aliphatic hydroxyl groups excluding tert-OH is 3. The molecule has 0 heterocycles. The maximum atomic E-state index is 12.2. The fourth-order valence-corrected chi connectivity index (χ4v) is 7.59. The lowest BCUT2D eigenvalue weighted by Gasteiger charge is -2.19. The maximum Gasteiger partial charge on any atom is 0.472 e. The van der Waals surface area contributed by atoms with Gasteiger partial charge in [0.25, 0.3) is 0 Å². The highest BCUT2D eigenvalue weighted by atomic mass is 31.2. The average Bonchev–Trinajstić information content (AvgIpc) is 3.29.